The highest BCUT2D eigenvalue weighted by Gasteiger charge is 2.11. The normalized spacial score (nSPS) is 15.1. The van der Waals surface area contributed by atoms with Crippen molar-refractivity contribution in [2.24, 2.45) is 5.73 Å². The lowest BCUT2D eigenvalue weighted by molar-refractivity contribution is 0.165. The first-order valence-electron chi connectivity index (χ1n) is 6.02. The summed E-state index contributed by atoms with van der Waals surface area (Å²) in [5.74, 6) is 0.929. The molecule has 0 bridgehead atoms. The summed E-state index contributed by atoms with van der Waals surface area (Å²) >= 11 is 0. The topological polar surface area (TPSA) is 46.2 Å². The van der Waals surface area contributed by atoms with Gasteiger partial charge in [-0.15, -0.1) is 0 Å². The predicted octanol–water partition coefficient (Wildman–Crippen LogP) is 2.62. The zero-order valence-electron chi connectivity index (χ0n) is 10.5. The summed E-state index contributed by atoms with van der Waals surface area (Å²) in [6.07, 6.45) is 0.345. The molecule has 2 atom stereocenters. The second-order valence-corrected chi connectivity index (χ2v) is 4.85. The van der Waals surface area contributed by atoms with E-state index in [1.54, 1.807) is 0 Å². The highest BCUT2D eigenvalue weighted by Crippen LogP contribution is 2.23. The molecule has 0 spiro atoms. The number of nitrogens with two attached hydrogens (primary N) is 1. The van der Waals surface area contributed by atoms with E-state index >= 15 is 0 Å². The molecule has 0 amide bonds. The van der Waals surface area contributed by atoms with Gasteiger partial charge in [-0.3, -0.25) is 0 Å². The minimum absolute atomic E-state index is 0.342. The molecule has 2 heteroatoms. The van der Waals surface area contributed by atoms with Crippen molar-refractivity contribution in [2.75, 3.05) is 6.54 Å². The Labute approximate surface area is 98.5 Å². The van der Waals surface area contributed by atoms with Crippen molar-refractivity contribution in [1.82, 2.24) is 0 Å². The van der Waals surface area contributed by atoms with Crippen LogP contribution >= 0.6 is 0 Å². The number of hydrogen-bond donors (Lipinski definition) is 2. The van der Waals surface area contributed by atoms with Gasteiger partial charge in [0.15, 0.2) is 0 Å². The minimum Gasteiger partial charge on any atom is -0.392 e. The van der Waals surface area contributed by atoms with E-state index in [0.29, 0.717) is 18.4 Å². The number of aliphatic hydroxyl groups excluding tert-OH is 1. The number of aliphatic hydroxyl groups is 1. The average Bonchev–Trinajstić information content (AvgIpc) is 2.28. The molecule has 2 unspecified atom stereocenters. The van der Waals surface area contributed by atoms with Crippen LogP contribution in [0.4, 0.5) is 0 Å². The monoisotopic (exact) mass is 221 g/mol. The molecule has 3 N–H and O–H groups in total. The van der Waals surface area contributed by atoms with Crippen LogP contribution in [0, 0.1) is 0 Å². The lowest BCUT2D eigenvalue weighted by Crippen LogP contribution is -2.21. The van der Waals surface area contributed by atoms with Gasteiger partial charge in [-0.25, -0.2) is 0 Å². The maximum absolute atomic E-state index is 9.51. The third kappa shape index (κ3) is 3.62. The molecule has 0 aliphatic carbocycles. The van der Waals surface area contributed by atoms with Crippen molar-refractivity contribution >= 4 is 0 Å². The lowest BCUT2D eigenvalue weighted by atomic mass is 9.92. The quantitative estimate of drug-likeness (QED) is 0.803. The van der Waals surface area contributed by atoms with Crippen LogP contribution in [0.25, 0.3) is 0 Å². The van der Waals surface area contributed by atoms with E-state index in [2.05, 4.69) is 45.0 Å². The van der Waals surface area contributed by atoms with Gasteiger partial charge in [0.25, 0.3) is 0 Å². The van der Waals surface area contributed by atoms with Crippen LogP contribution in [-0.4, -0.2) is 17.8 Å². The zero-order valence-corrected chi connectivity index (χ0v) is 10.5. The summed E-state index contributed by atoms with van der Waals surface area (Å²) < 4.78 is 0. The Hall–Kier alpha value is -0.860. The van der Waals surface area contributed by atoms with E-state index in [0.717, 1.165) is 6.42 Å². The maximum atomic E-state index is 9.51. The molecule has 1 rings (SSSR count). The van der Waals surface area contributed by atoms with Crippen LogP contribution in [0.2, 0.25) is 0 Å². The van der Waals surface area contributed by atoms with Crippen LogP contribution in [0.3, 0.4) is 0 Å². The first-order chi connectivity index (χ1) is 7.54. The molecule has 2 nitrogen and oxygen atoms in total. The molecular weight excluding hydrogens is 198 g/mol. The first kappa shape index (κ1) is 13.2. The third-order valence-corrected chi connectivity index (χ3v) is 3.07. The summed E-state index contributed by atoms with van der Waals surface area (Å²) in [7, 11) is 0. The zero-order chi connectivity index (χ0) is 12.1. The molecule has 0 saturated heterocycles. The summed E-state index contributed by atoms with van der Waals surface area (Å²) in [5, 5.41) is 9.51. The van der Waals surface area contributed by atoms with Crippen molar-refractivity contribution < 1.29 is 5.11 Å². The van der Waals surface area contributed by atoms with Gasteiger partial charge < -0.3 is 10.8 Å². The first-order valence-corrected chi connectivity index (χ1v) is 6.02. The number of benzene rings is 1. The van der Waals surface area contributed by atoms with Crippen molar-refractivity contribution in [1.29, 1.82) is 0 Å². The van der Waals surface area contributed by atoms with Gasteiger partial charge in [0, 0.05) is 6.54 Å². The fraction of sp³-hybridized carbons (Fsp3) is 0.571. The van der Waals surface area contributed by atoms with Crippen LogP contribution in [0.15, 0.2) is 24.3 Å². The lowest BCUT2D eigenvalue weighted by Gasteiger charge is -2.16. The van der Waals surface area contributed by atoms with Gasteiger partial charge in [-0.2, -0.15) is 0 Å². The average molecular weight is 221 g/mol. The Morgan fingerprint density at radius 3 is 2.00 bits per heavy atom. The van der Waals surface area contributed by atoms with Gasteiger partial charge in [0.1, 0.15) is 0 Å². The Morgan fingerprint density at radius 2 is 1.56 bits per heavy atom. The van der Waals surface area contributed by atoms with E-state index in [9.17, 15) is 5.11 Å². The minimum atomic E-state index is -0.389. The molecule has 0 aliphatic heterocycles. The fourth-order valence-corrected chi connectivity index (χ4v) is 1.85. The molecule has 1 aromatic rings. The Balaban J connectivity index is 2.66. The van der Waals surface area contributed by atoms with Crippen LogP contribution in [-0.2, 0) is 0 Å². The van der Waals surface area contributed by atoms with E-state index in [1.165, 1.54) is 11.1 Å². The van der Waals surface area contributed by atoms with E-state index in [1.807, 2.05) is 0 Å². The Bertz CT molecular complexity index is 305. The Morgan fingerprint density at radius 1 is 1.06 bits per heavy atom. The molecule has 0 aromatic heterocycles. The van der Waals surface area contributed by atoms with Gasteiger partial charge in [0.2, 0.25) is 0 Å². The number of hydrogen-bond acceptors (Lipinski definition) is 2. The number of rotatable bonds is 5. The van der Waals surface area contributed by atoms with Crippen LogP contribution in [0.5, 0.6) is 0 Å². The maximum Gasteiger partial charge on any atom is 0.0668 e. The molecule has 0 heterocycles. The summed E-state index contributed by atoms with van der Waals surface area (Å²) in [5.41, 5.74) is 8.04. The standard InChI is InChI=1S/C14H23NO/c1-10(2)12-4-6-13(7-5-12)11(3)8-14(16)9-15/h4-7,10-11,14,16H,8-9,15H2,1-3H3. The molecule has 0 fully saturated rings. The van der Waals surface area contributed by atoms with Crippen molar-refractivity contribution in [3.05, 3.63) is 35.4 Å². The van der Waals surface area contributed by atoms with Crippen LogP contribution < -0.4 is 5.73 Å². The largest absolute Gasteiger partial charge is 0.392 e. The smallest absolute Gasteiger partial charge is 0.0668 e. The molecule has 0 radical (unpaired) electrons. The molecule has 0 aliphatic rings. The van der Waals surface area contributed by atoms with Gasteiger partial charge in [-0.1, -0.05) is 45.0 Å². The molecule has 1 aromatic carbocycles. The van der Waals surface area contributed by atoms with Crippen LogP contribution in [0.1, 0.15) is 50.2 Å². The van der Waals surface area contributed by atoms with E-state index in [4.69, 9.17) is 5.73 Å². The molecule has 90 valence electrons. The predicted molar refractivity (Wildman–Crippen MR) is 68.6 cm³/mol. The van der Waals surface area contributed by atoms with Crippen molar-refractivity contribution in [3.63, 3.8) is 0 Å². The summed E-state index contributed by atoms with van der Waals surface area (Å²) in [6, 6.07) is 8.66. The van der Waals surface area contributed by atoms with Gasteiger partial charge >= 0.3 is 0 Å². The summed E-state index contributed by atoms with van der Waals surface area (Å²) in [6.45, 7) is 6.85. The molecule has 16 heavy (non-hydrogen) atoms. The molecular formula is C14H23NO. The summed E-state index contributed by atoms with van der Waals surface area (Å²) in [4.78, 5) is 0. The van der Waals surface area contributed by atoms with E-state index < -0.39 is 0 Å². The highest BCUT2D eigenvalue weighted by atomic mass is 16.3. The van der Waals surface area contributed by atoms with E-state index in [-0.39, 0.29) is 6.10 Å². The second-order valence-electron chi connectivity index (χ2n) is 4.85. The van der Waals surface area contributed by atoms with Gasteiger partial charge in [-0.05, 0) is 29.4 Å². The molecule has 0 saturated carbocycles. The van der Waals surface area contributed by atoms with Gasteiger partial charge in [0.05, 0.1) is 6.10 Å². The third-order valence-electron chi connectivity index (χ3n) is 3.07. The van der Waals surface area contributed by atoms with Crippen molar-refractivity contribution in [3.8, 4) is 0 Å². The highest BCUT2D eigenvalue weighted by molar-refractivity contribution is 5.26. The van der Waals surface area contributed by atoms with Crippen molar-refractivity contribution in [2.45, 2.75) is 45.1 Å². The fourth-order valence-electron chi connectivity index (χ4n) is 1.85. The Kier molecular flexibility index (Phi) is 4.97. The SMILES string of the molecule is CC(C)c1ccc(C(C)CC(O)CN)cc1. The second kappa shape index (κ2) is 6.02.